The van der Waals surface area contributed by atoms with E-state index < -0.39 is 0 Å². The third-order valence-electron chi connectivity index (χ3n) is 12.1. The molecule has 0 fully saturated rings. The number of fused-ring (bicyclic) bond motifs is 9. The van der Waals surface area contributed by atoms with Crippen molar-refractivity contribution in [1.82, 2.24) is 14.7 Å². The van der Waals surface area contributed by atoms with Gasteiger partial charge in [0, 0.05) is 96.6 Å². The first-order valence-corrected chi connectivity index (χ1v) is 19.8. The monoisotopic (exact) mass is 760 g/mol. The highest BCUT2D eigenvalue weighted by Gasteiger charge is 2.36. The molecule has 0 bridgehead atoms. The van der Waals surface area contributed by atoms with Crippen molar-refractivity contribution in [3.63, 3.8) is 0 Å². The molecule has 9 heteroatoms. The van der Waals surface area contributed by atoms with Crippen LogP contribution in [0.5, 0.6) is 0 Å². The molecule has 6 aromatic carbocycles. The van der Waals surface area contributed by atoms with Crippen molar-refractivity contribution < 1.29 is 13.3 Å². The Balaban J connectivity index is 1.23. The predicted molar refractivity (Wildman–Crippen MR) is 235 cm³/mol. The maximum absolute atomic E-state index is 6.91. The lowest BCUT2D eigenvalue weighted by Gasteiger charge is -2.32. The van der Waals surface area contributed by atoms with Gasteiger partial charge in [-0.2, -0.15) is 0 Å². The Morgan fingerprint density at radius 1 is 0.362 bits per heavy atom. The van der Waals surface area contributed by atoms with Gasteiger partial charge >= 0.3 is 0 Å². The van der Waals surface area contributed by atoms with Gasteiger partial charge < -0.3 is 42.7 Å². The normalized spacial score (nSPS) is 15.7. The van der Waals surface area contributed by atoms with Crippen LogP contribution in [0, 0.1) is 0 Å². The van der Waals surface area contributed by atoms with Crippen molar-refractivity contribution in [3.05, 3.63) is 163 Å². The summed E-state index contributed by atoms with van der Waals surface area (Å²) in [4.78, 5) is 13.6. The van der Waals surface area contributed by atoms with Crippen molar-refractivity contribution >= 4 is 82.9 Å². The maximum Gasteiger partial charge on any atom is 0.159 e. The zero-order valence-electron chi connectivity index (χ0n) is 32.5. The summed E-state index contributed by atoms with van der Waals surface area (Å²) in [6.45, 7) is 2.04. The van der Waals surface area contributed by atoms with Crippen molar-refractivity contribution in [2.75, 3.05) is 55.8 Å². The number of hydrogen-bond donors (Lipinski definition) is 0. The van der Waals surface area contributed by atoms with E-state index in [1.807, 2.05) is 18.2 Å². The minimum absolute atomic E-state index is 0.314. The standard InChI is InChI=1S/C49H40N6O3/c1-50-22-25-53(28-50)44-37(19-16-34-31-10-4-7-13-40(31)56-47(34)44)43(38-20-17-35-32-11-5-8-14-41(32)57-48(35)45(38)54-26-23-51(2)29-54)39-21-18-36-33-12-6-9-15-42(33)58-49(36)46(39)55-27-24-52(3)30-55/h4-27,43H,28-30H2,1-3H3. The van der Waals surface area contributed by atoms with Crippen LogP contribution < -0.4 is 14.7 Å². The van der Waals surface area contributed by atoms with Crippen LogP contribution in [0.25, 0.3) is 65.8 Å². The highest BCUT2D eigenvalue weighted by Crippen LogP contribution is 2.53. The summed E-state index contributed by atoms with van der Waals surface area (Å²) in [6.07, 6.45) is 12.9. The van der Waals surface area contributed by atoms with E-state index in [0.29, 0.717) is 20.0 Å². The van der Waals surface area contributed by atoms with Gasteiger partial charge in [0.1, 0.15) is 16.7 Å². The summed E-state index contributed by atoms with van der Waals surface area (Å²) in [5.41, 5.74) is 11.7. The minimum Gasteiger partial charge on any atom is -0.454 e. The lowest BCUT2D eigenvalue weighted by Crippen LogP contribution is -2.27. The first-order valence-electron chi connectivity index (χ1n) is 19.8. The highest BCUT2D eigenvalue weighted by atomic mass is 16.3. The number of anilines is 3. The summed E-state index contributed by atoms with van der Waals surface area (Å²) in [7, 11) is 6.33. The quantitative estimate of drug-likeness (QED) is 0.154. The molecule has 0 saturated heterocycles. The Bertz CT molecular complexity index is 2880. The molecule has 58 heavy (non-hydrogen) atoms. The summed E-state index contributed by atoms with van der Waals surface area (Å²) in [6, 6.07) is 38.8. The molecular formula is C49H40N6O3. The second kappa shape index (κ2) is 12.4. The molecule has 3 aliphatic rings. The van der Waals surface area contributed by atoms with E-state index >= 15 is 0 Å². The molecule has 6 heterocycles. The van der Waals surface area contributed by atoms with Crippen LogP contribution >= 0.6 is 0 Å². The average Bonchev–Trinajstić information content (AvgIpc) is 4.11. The number of nitrogens with zero attached hydrogens (tertiary/aromatic N) is 6. The lowest BCUT2D eigenvalue weighted by atomic mass is 9.80. The second-order valence-electron chi connectivity index (χ2n) is 15.9. The van der Waals surface area contributed by atoms with Crippen molar-refractivity contribution in [3.8, 4) is 0 Å². The molecular weight excluding hydrogens is 721 g/mol. The maximum atomic E-state index is 6.91. The van der Waals surface area contributed by atoms with E-state index in [-0.39, 0.29) is 5.92 Å². The van der Waals surface area contributed by atoms with E-state index in [4.69, 9.17) is 13.3 Å². The third kappa shape index (κ3) is 4.82. The molecule has 0 radical (unpaired) electrons. The van der Waals surface area contributed by atoms with E-state index in [2.05, 4.69) is 179 Å². The molecule has 3 aromatic heterocycles. The first kappa shape index (κ1) is 32.9. The fraction of sp³-hybridized carbons (Fsp3) is 0.143. The zero-order valence-corrected chi connectivity index (χ0v) is 32.5. The molecule has 3 aliphatic heterocycles. The minimum atomic E-state index is -0.314. The molecule has 0 saturated carbocycles. The van der Waals surface area contributed by atoms with Gasteiger partial charge in [-0.25, -0.2) is 0 Å². The van der Waals surface area contributed by atoms with E-state index in [0.717, 1.165) is 99.6 Å². The van der Waals surface area contributed by atoms with Crippen LogP contribution in [-0.4, -0.2) is 55.8 Å². The number of hydrogen-bond acceptors (Lipinski definition) is 9. The SMILES string of the molecule is CN1C=CN(c2c(C(c3ccc4c(oc5ccccc54)c3N3C=CN(C)C3)c3ccc4c(oc5ccccc54)c3N3C=CN(C)C3)ccc3c2oc2ccccc23)C1. The molecule has 284 valence electrons. The van der Waals surface area contributed by atoms with Gasteiger partial charge in [0.05, 0.1) is 37.1 Å². The molecule has 0 aliphatic carbocycles. The van der Waals surface area contributed by atoms with Gasteiger partial charge in [0.25, 0.3) is 0 Å². The Labute approximate surface area is 334 Å². The van der Waals surface area contributed by atoms with E-state index in [1.165, 1.54) is 0 Å². The first-order chi connectivity index (χ1) is 28.5. The molecule has 12 rings (SSSR count). The molecule has 0 N–H and O–H groups in total. The van der Waals surface area contributed by atoms with Crippen LogP contribution in [0.4, 0.5) is 17.1 Å². The van der Waals surface area contributed by atoms with Gasteiger partial charge in [-0.05, 0) is 34.9 Å². The summed E-state index contributed by atoms with van der Waals surface area (Å²) in [5, 5.41) is 6.56. The Hall–Kier alpha value is -7.26. The Morgan fingerprint density at radius 3 is 0.966 bits per heavy atom. The van der Waals surface area contributed by atoms with Crippen molar-refractivity contribution in [1.29, 1.82) is 0 Å². The largest absolute Gasteiger partial charge is 0.454 e. The Kier molecular flexibility index (Phi) is 7.02. The number of benzene rings is 6. The van der Waals surface area contributed by atoms with Crippen molar-refractivity contribution in [2.24, 2.45) is 0 Å². The number of rotatable bonds is 6. The number of para-hydroxylation sites is 3. The van der Waals surface area contributed by atoms with Crippen LogP contribution in [0.1, 0.15) is 22.6 Å². The topological polar surface area (TPSA) is 58.9 Å². The molecule has 9 aromatic rings. The zero-order chi connectivity index (χ0) is 38.6. The van der Waals surface area contributed by atoms with Crippen LogP contribution in [0.2, 0.25) is 0 Å². The van der Waals surface area contributed by atoms with Crippen LogP contribution in [0.15, 0.2) is 160 Å². The van der Waals surface area contributed by atoms with Crippen LogP contribution in [-0.2, 0) is 0 Å². The molecule has 0 unspecified atom stereocenters. The summed E-state index contributed by atoms with van der Waals surface area (Å²) < 4.78 is 20.7. The van der Waals surface area contributed by atoms with Gasteiger partial charge in [-0.15, -0.1) is 0 Å². The summed E-state index contributed by atoms with van der Waals surface area (Å²) >= 11 is 0. The second-order valence-corrected chi connectivity index (χ2v) is 15.9. The fourth-order valence-electron chi connectivity index (χ4n) is 9.48. The average molecular weight is 761 g/mol. The molecule has 0 atom stereocenters. The van der Waals surface area contributed by atoms with E-state index in [1.54, 1.807) is 0 Å². The van der Waals surface area contributed by atoms with Gasteiger partial charge in [0.2, 0.25) is 0 Å². The fourth-order valence-corrected chi connectivity index (χ4v) is 9.48. The predicted octanol–water partition coefficient (Wildman–Crippen LogP) is 11.1. The highest BCUT2D eigenvalue weighted by molar-refractivity contribution is 6.13. The van der Waals surface area contributed by atoms with Gasteiger partial charge in [0.15, 0.2) is 16.7 Å². The van der Waals surface area contributed by atoms with Crippen LogP contribution in [0.3, 0.4) is 0 Å². The van der Waals surface area contributed by atoms with E-state index in [9.17, 15) is 0 Å². The molecule has 0 spiro atoms. The third-order valence-corrected chi connectivity index (χ3v) is 12.1. The lowest BCUT2D eigenvalue weighted by molar-refractivity contribution is 0.493. The smallest absolute Gasteiger partial charge is 0.159 e. The van der Waals surface area contributed by atoms with Gasteiger partial charge in [-0.1, -0.05) is 91.0 Å². The summed E-state index contributed by atoms with van der Waals surface area (Å²) in [5.74, 6) is -0.314. The van der Waals surface area contributed by atoms with Gasteiger partial charge in [-0.3, -0.25) is 0 Å². The number of furan rings is 3. The van der Waals surface area contributed by atoms with Crippen molar-refractivity contribution in [2.45, 2.75) is 5.92 Å². The Morgan fingerprint density at radius 2 is 0.672 bits per heavy atom. The molecule has 9 nitrogen and oxygen atoms in total. The molecule has 0 amide bonds.